The summed E-state index contributed by atoms with van der Waals surface area (Å²) in [7, 11) is -4.87. The topological polar surface area (TPSA) is 57.9 Å². The average Bonchev–Trinajstić information content (AvgIpc) is 1.93. The molecular weight excluding hydrogens is 271 g/mol. The summed E-state index contributed by atoms with van der Waals surface area (Å²) in [5.41, 5.74) is -5.62. The maximum Gasteiger partial charge on any atom is 0.431 e. The summed E-state index contributed by atoms with van der Waals surface area (Å²) in [6.45, 7) is 0. The van der Waals surface area contributed by atoms with Crippen LogP contribution in [0.3, 0.4) is 0 Å². The summed E-state index contributed by atoms with van der Waals surface area (Å²) in [4.78, 5) is 0. The van der Waals surface area contributed by atoms with E-state index >= 15 is 0 Å². The minimum absolute atomic E-state index is 1.87. The van der Waals surface area contributed by atoms with E-state index in [-0.39, 0.29) is 0 Å². The van der Waals surface area contributed by atoms with Gasteiger partial charge < -0.3 is 5.14 Å². The van der Waals surface area contributed by atoms with Crippen molar-refractivity contribution in [3.05, 3.63) is 5.14 Å². The van der Waals surface area contributed by atoms with Gasteiger partial charge in [-0.2, -0.15) is 26.3 Å². The van der Waals surface area contributed by atoms with Crippen molar-refractivity contribution < 1.29 is 39.2 Å². The van der Waals surface area contributed by atoms with Crippen molar-refractivity contribution in [1.82, 2.24) is 0 Å². The second-order valence-electron chi connectivity index (χ2n) is 2.87. The fraction of sp³-hybridized carbons (Fsp3) is 1.00. The van der Waals surface area contributed by atoms with Gasteiger partial charge in [-0.15, -0.1) is 0 Å². The zero-order chi connectivity index (χ0) is 13.4. The van der Waals surface area contributed by atoms with Gasteiger partial charge in [-0.3, -0.25) is 0 Å². The molecule has 11 heteroatoms. The molecule has 3 nitrogen and oxygen atoms in total. The lowest BCUT2D eigenvalue weighted by molar-refractivity contribution is -0.341. The van der Waals surface area contributed by atoms with Gasteiger partial charge in [0.2, 0.25) is 0 Å². The van der Waals surface area contributed by atoms with Crippen molar-refractivity contribution in [2.24, 2.45) is 0 Å². The number of nitrogens with one attached hydrogen (secondary N) is 1. The Morgan fingerprint density at radius 1 is 0.875 bits per heavy atom. The molecule has 0 aliphatic carbocycles. The molecule has 0 spiro atoms. The van der Waals surface area contributed by atoms with Gasteiger partial charge in [0.05, 0.1) is 10.0 Å². The lowest BCUT2D eigenvalue weighted by atomic mass is 10.0. The van der Waals surface area contributed by atoms with Crippen molar-refractivity contribution in [2.75, 3.05) is 5.75 Å². The van der Waals surface area contributed by atoms with Gasteiger partial charge >= 0.3 is 12.4 Å². The van der Waals surface area contributed by atoms with Gasteiger partial charge in [0.1, 0.15) is 0 Å². The Morgan fingerprint density at radius 2 is 1.19 bits per heavy atom. The molecule has 0 unspecified atom stereocenters. The Balaban J connectivity index is 5.15. The molecule has 0 radical (unpaired) electrons. The summed E-state index contributed by atoms with van der Waals surface area (Å²) in [5, 5.41) is 6.09. The Morgan fingerprint density at radius 3 is 1.38 bits per heavy atom. The molecule has 0 atom stereocenters. The van der Waals surface area contributed by atoms with E-state index in [0.29, 0.717) is 0 Å². The van der Waals surface area contributed by atoms with Crippen molar-refractivity contribution in [3.63, 3.8) is 0 Å². The van der Waals surface area contributed by atoms with Crippen LogP contribution in [0.5, 0.6) is 0 Å². The molecule has 0 saturated heterocycles. The molecule has 1 N–H and O–H groups in total. The van der Waals surface area contributed by atoms with Crippen LogP contribution in [0.2, 0.25) is 0 Å². The third kappa shape index (κ3) is 3.47. The monoisotopic (exact) mass is 276 g/mol. The second-order valence-corrected chi connectivity index (χ2v) is 4.50. The van der Waals surface area contributed by atoms with Gasteiger partial charge in [-0.05, 0) is 0 Å². The Bertz CT molecular complexity index is 329. The molecule has 0 aromatic rings. The summed E-state index contributed by atoms with van der Waals surface area (Å²) in [5.74, 6) is -1.87. The molecule has 0 saturated carbocycles. The van der Waals surface area contributed by atoms with Crippen LogP contribution in [-0.2, 0) is 10.0 Å². The number of hydrogen-bond acceptors (Lipinski definition) is 2. The summed E-state index contributed by atoms with van der Waals surface area (Å²) in [6.07, 6.45) is -14.9. The number of sulfonamides is 1. The molecule has 0 bridgehead atoms. The smallest absolute Gasteiger partial charge is 0.431 e. The molecular formula is C5H5F7NO2S-. The van der Waals surface area contributed by atoms with E-state index in [1.54, 1.807) is 0 Å². The minimum atomic E-state index is -6.28. The molecule has 0 fully saturated rings. The van der Waals surface area contributed by atoms with E-state index < -0.39 is 40.2 Å². The fourth-order valence-electron chi connectivity index (χ4n) is 0.719. The molecule has 0 aliphatic rings. The predicted octanol–water partition coefficient (Wildman–Crippen LogP) is 2.59. The normalized spacial score (nSPS) is 15.2. The van der Waals surface area contributed by atoms with Crippen LogP contribution in [0.15, 0.2) is 0 Å². The SMILES string of the molecule is [NH-]S(=O)(=O)CCC(F)(C(F)(F)F)C(F)(F)F. The lowest BCUT2D eigenvalue weighted by Gasteiger charge is -2.30. The van der Waals surface area contributed by atoms with E-state index in [4.69, 9.17) is 5.14 Å². The van der Waals surface area contributed by atoms with Crippen LogP contribution in [0.25, 0.3) is 5.14 Å². The molecule has 0 aromatic heterocycles. The number of halogens is 7. The zero-order valence-electron chi connectivity index (χ0n) is 7.28. The van der Waals surface area contributed by atoms with E-state index in [9.17, 15) is 39.2 Å². The van der Waals surface area contributed by atoms with Crippen LogP contribution in [0.4, 0.5) is 30.7 Å². The second kappa shape index (κ2) is 4.02. The van der Waals surface area contributed by atoms with Crippen LogP contribution >= 0.6 is 0 Å². The van der Waals surface area contributed by atoms with Gasteiger partial charge in [0, 0.05) is 12.2 Å². The van der Waals surface area contributed by atoms with Crippen molar-refractivity contribution in [1.29, 1.82) is 0 Å². The lowest BCUT2D eigenvalue weighted by Crippen LogP contribution is -2.53. The number of hydrogen-bond donors (Lipinski definition) is 0. The van der Waals surface area contributed by atoms with Crippen LogP contribution < -0.4 is 0 Å². The van der Waals surface area contributed by atoms with Crippen LogP contribution in [0, 0.1) is 0 Å². The quantitative estimate of drug-likeness (QED) is 0.744. The largest absolute Gasteiger partial charge is 0.564 e. The molecule has 0 heterocycles. The average molecular weight is 276 g/mol. The first-order chi connectivity index (χ1) is 6.71. The molecule has 98 valence electrons. The predicted molar refractivity (Wildman–Crippen MR) is 38.7 cm³/mol. The first-order valence-electron chi connectivity index (χ1n) is 3.50. The van der Waals surface area contributed by atoms with Gasteiger partial charge in [-0.25, -0.2) is 12.8 Å². The van der Waals surface area contributed by atoms with Crippen molar-refractivity contribution in [3.8, 4) is 0 Å². The molecule has 16 heavy (non-hydrogen) atoms. The Kier molecular flexibility index (Phi) is 3.87. The number of alkyl halides is 7. The fourth-order valence-corrected chi connectivity index (χ4v) is 1.27. The number of rotatable bonds is 3. The Labute approximate surface area is 85.5 Å². The highest BCUT2D eigenvalue weighted by molar-refractivity contribution is 7.93. The highest BCUT2D eigenvalue weighted by Crippen LogP contribution is 2.48. The molecule has 0 aromatic carbocycles. The summed E-state index contributed by atoms with van der Waals surface area (Å²) in [6, 6.07) is 0. The first kappa shape index (κ1) is 15.4. The van der Waals surface area contributed by atoms with Gasteiger partial charge in [0.25, 0.3) is 5.67 Å². The van der Waals surface area contributed by atoms with Crippen molar-refractivity contribution >= 4 is 10.0 Å². The third-order valence-electron chi connectivity index (χ3n) is 1.61. The maximum atomic E-state index is 12.7. The summed E-state index contributed by atoms with van der Waals surface area (Å²) >= 11 is 0. The van der Waals surface area contributed by atoms with Gasteiger partial charge in [-0.1, -0.05) is 0 Å². The van der Waals surface area contributed by atoms with Crippen molar-refractivity contribution in [2.45, 2.75) is 24.4 Å². The zero-order valence-corrected chi connectivity index (χ0v) is 8.10. The highest BCUT2D eigenvalue weighted by atomic mass is 32.2. The molecule has 0 amide bonds. The third-order valence-corrected chi connectivity index (χ3v) is 2.36. The molecule has 0 aliphatic heterocycles. The Hall–Kier alpha value is -0.580. The minimum Gasteiger partial charge on any atom is -0.564 e. The van der Waals surface area contributed by atoms with E-state index in [1.165, 1.54) is 0 Å². The highest BCUT2D eigenvalue weighted by Gasteiger charge is 2.71. The van der Waals surface area contributed by atoms with E-state index in [1.807, 2.05) is 0 Å². The van der Waals surface area contributed by atoms with Gasteiger partial charge in [0.15, 0.2) is 0 Å². The van der Waals surface area contributed by atoms with Crippen LogP contribution in [-0.4, -0.2) is 32.2 Å². The van der Waals surface area contributed by atoms with E-state index in [2.05, 4.69) is 0 Å². The van der Waals surface area contributed by atoms with Crippen LogP contribution in [0.1, 0.15) is 6.42 Å². The first-order valence-corrected chi connectivity index (χ1v) is 5.15. The summed E-state index contributed by atoms with van der Waals surface area (Å²) < 4.78 is 104. The maximum absolute atomic E-state index is 12.7. The molecule has 0 rings (SSSR count). The van der Waals surface area contributed by atoms with E-state index in [0.717, 1.165) is 0 Å². The standard InChI is InChI=1S/C5H5F7NO2S/c6-3(4(7,8)9,5(10,11)12)1-2-16(13,14)15/h1-2H2,(H-,13,14,15)/q-1.